The van der Waals surface area contributed by atoms with Crippen LogP contribution in [0.3, 0.4) is 0 Å². The highest BCUT2D eigenvalue weighted by atomic mass is 35.5. The maximum atomic E-state index is 12.0. The second kappa shape index (κ2) is 30.7. The van der Waals surface area contributed by atoms with Crippen molar-refractivity contribution >= 4 is 101 Å². The molecule has 0 spiro atoms. The number of aryl methyl sites for hydroxylation is 2. The predicted molar refractivity (Wildman–Crippen MR) is 241 cm³/mol. The molecule has 0 aliphatic heterocycles. The number of nitrogens with one attached hydrogen (secondary N) is 1. The van der Waals surface area contributed by atoms with E-state index in [0.717, 1.165) is 42.8 Å². The first kappa shape index (κ1) is 57.7. The van der Waals surface area contributed by atoms with Gasteiger partial charge >= 0.3 is 19.5 Å². The van der Waals surface area contributed by atoms with Crippen LogP contribution in [0.15, 0.2) is 79.9 Å². The molecule has 0 unspecified atom stereocenters. The average Bonchev–Trinajstić information content (AvgIpc) is 3.22. The van der Waals surface area contributed by atoms with Gasteiger partial charge in [-0.2, -0.15) is 0 Å². The summed E-state index contributed by atoms with van der Waals surface area (Å²) in [7, 11) is -1.38. The maximum Gasteiger partial charge on any atom is 0.345 e. The minimum atomic E-state index is -4.10. The molecule has 3 aromatic rings. The largest absolute Gasteiger partial charge is 0.480 e. The Bertz CT molecular complexity index is 1990. The number of alkyl halides is 3. The standard InChI is InChI=1S/C14H9Cl2NO5.C14H20ClNO2.C8H11Cl2NO.C3H8NO5P/c1-21-14(18)10-7-9(3-4-12(10)17(19)20)22-13-5-2-8(15)6-11(13)16;1-4-11-7-6-8-12(5-2)14(11)16(10-18-3)13(17)9-15;1-3-5-11(6-4-2)8(12)7(9)10;5-3(6)1-4-2-10(7,8)9/h2-7H,1H3;6-8H,4-5,9-10H2,1-3H3;3-4,7H,1-2,5-6H2;4H,1-2H2,(H,5,6)(H2,7,8,9). The van der Waals surface area contributed by atoms with Crippen LogP contribution in [0.1, 0.15) is 35.3 Å². The van der Waals surface area contributed by atoms with E-state index >= 15 is 0 Å². The zero-order chi connectivity index (χ0) is 47.6. The second-order valence-corrected chi connectivity index (χ2v) is 15.7. The molecule has 23 heteroatoms. The number of hydrogen-bond donors (Lipinski definition) is 4. The molecule has 0 aliphatic rings. The Morgan fingerprint density at radius 3 is 1.97 bits per heavy atom. The fourth-order valence-corrected chi connectivity index (χ4v) is 6.00. The third kappa shape index (κ3) is 21.7. The number of para-hydroxylation sites is 1. The van der Waals surface area contributed by atoms with Gasteiger partial charge in [0.2, 0.25) is 5.91 Å². The number of nitro benzene ring substituents is 1. The number of aliphatic carboxylic acids is 1. The Kier molecular flexibility index (Phi) is 28.6. The minimum absolute atomic E-state index is 0.0371. The van der Waals surface area contributed by atoms with Gasteiger partial charge < -0.3 is 34.0 Å². The Morgan fingerprint density at radius 2 is 1.55 bits per heavy atom. The zero-order valence-corrected chi connectivity index (χ0v) is 38.8. The Morgan fingerprint density at radius 1 is 0.968 bits per heavy atom. The number of carbonyl (C=O) groups is 4. The van der Waals surface area contributed by atoms with Crippen molar-refractivity contribution in [3.8, 4) is 11.5 Å². The third-order valence-electron chi connectivity index (χ3n) is 7.39. The molecule has 0 fully saturated rings. The van der Waals surface area contributed by atoms with Gasteiger partial charge in [0.05, 0.1) is 35.6 Å². The van der Waals surface area contributed by atoms with Crippen LogP contribution in [0, 0.1) is 10.1 Å². The van der Waals surface area contributed by atoms with E-state index in [1.165, 1.54) is 23.1 Å². The summed E-state index contributed by atoms with van der Waals surface area (Å²) in [6, 6.07) is 14.5. The highest BCUT2D eigenvalue weighted by Crippen LogP contribution is 2.34. The van der Waals surface area contributed by atoms with Crippen LogP contribution in [0.4, 0.5) is 11.4 Å². The summed E-state index contributed by atoms with van der Waals surface area (Å²) in [6.07, 6.45) is 4.37. The number of rotatable bonds is 19. The monoisotopic (exact) mass is 986 g/mol. The Hall–Kier alpha value is -4.26. The number of amides is 2. The van der Waals surface area contributed by atoms with Crippen LogP contribution >= 0.6 is 65.6 Å². The molecule has 0 saturated heterocycles. The number of benzene rings is 3. The minimum Gasteiger partial charge on any atom is -0.480 e. The Balaban J connectivity index is 0.000000840. The van der Waals surface area contributed by atoms with E-state index in [2.05, 4.69) is 37.1 Å². The first-order chi connectivity index (χ1) is 29.2. The molecule has 3 rings (SSSR count). The molecule has 0 aromatic heterocycles. The van der Waals surface area contributed by atoms with Crippen LogP contribution in [0.2, 0.25) is 10.0 Å². The number of esters is 1. The van der Waals surface area contributed by atoms with Crippen molar-refractivity contribution in [1.82, 2.24) is 10.2 Å². The predicted octanol–water partition coefficient (Wildman–Crippen LogP) is 8.25. The number of nitro groups is 1. The van der Waals surface area contributed by atoms with Crippen molar-refractivity contribution in [3.05, 3.63) is 117 Å². The van der Waals surface area contributed by atoms with Gasteiger partial charge in [0.25, 0.3) is 11.6 Å². The van der Waals surface area contributed by atoms with Crippen LogP contribution in [0.5, 0.6) is 11.5 Å². The van der Waals surface area contributed by atoms with Crippen molar-refractivity contribution in [2.24, 2.45) is 0 Å². The van der Waals surface area contributed by atoms with Crippen molar-refractivity contribution < 1.29 is 57.8 Å². The molecule has 17 nitrogen and oxygen atoms in total. The van der Waals surface area contributed by atoms with Gasteiger partial charge in [0.15, 0.2) is 4.84 Å². The molecule has 0 heterocycles. The molecular weight excluding hydrogens is 941 g/mol. The van der Waals surface area contributed by atoms with E-state index in [9.17, 15) is 33.9 Å². The van der Waals surface area contributed by atoms with E-state index in [1.54, 1.807) is 36.3 Å². The van der Waals surface area contributed by atoms with Gasteiger partial charge in [-0.25, -0.2) is 4.79 Å². The van der Waals surface area contributed by atoms with Crippen LogP contribution in [-0.4, -0.2) is 106 Å². The fourth-order valence-electron chi connectivity index (χ4n) is 4.73. The molecule has 3 aromatic carbocycles. The fraction of sp³-hybridized carbons (Fsp3) is 0.333. The molecular formula is C39H48Cl5N4O13P. The lowest BCUT2D eigenvalue weighted by Gasteiger charge is -2.26. The number of nitrogens with zero attached hydrogens (tertiary/aromatic N) is 3. The van der Waals surface area contributed by atoms with Crippen molar-refractivity contribution in [3.63, 3.8) is 0 Å². The van der Waals surface area contributed by atoms with E-state index in [-0.39, 0.29) is 46.4 Å². The molecule has 0 radical (unpaired) electrons. The van der Waals surface area contributed by atoms with Gasteiger partial charge in [-0.1, -0.05) is 90.6 Å². The van der Waals surface area contributed by atoms with Crippen LogP contribution in [-0.2, 0) is 41.3 Å². The van der Waals surface area contributed by atoms with Crippen LogP contribution < -0.4 is 15.0 Å². The molecule has 0 bridgehead atoms. The number of carbonyl (C=O) groups excluding carboxylic acids is 3. The van der Waals surface area contributed by atoms with Gasteiger partial charge in [-0.15, -0.1) is 24.8 Å². The molecule has 0 saturated carbocycles. The summed E-state index contributed by atoms with van der Waals surface area (Å²) in [5.74, 6) is -1.96. The topological polar surface area (TPSA) is 235 Å². The first-order valence-corrected chi connectivity index (χ1v) is 21.8. The SMILES string of the molecule is C=CCN(CC=C)C(=O)C(Cl)Cl.CCc1cccc(CC)c1N(COC)C(=O)CCl.COC(=O)c1cc(Oc2ccc(Cl)cc2Cl)ccc1[N+](=O)[O-].O=C(O)CNCP(=O)(O)O. The summed E-state index contributed by atoms with van der Waals surface area (Å²) >= 11 is 28.2. The van der Waals surface area contributed by atoms with Crippen LogP contribution in [0.25, 0.3) is 0 Å². The summed E-state index contributed by atoms with van der Waals surface area (Å²) in [5, 5.41) is 21.7. The van der Waals surface area contributed by atoms with E-state index in [1.807, 2.05) is 18.2 Å². The van der Waals surface area contributed by atoms with Crippen molar-refractivity contribution in [2.45, 2.75) is 31.5 Å². The second-order valence-electron chi connectivity index (χ2n) is 11.9. The first-order valence-electron chi connectivity index (χ1n) is 17.9. The molecule has 4 N–H and O–H groups in total. The van der Waals surface area contributed by atoms with Gasteiger partial charge in [-0.05, 0) is 48.2 Å². The molecule has 0 atom stereocenters. The number of methoxy groups -OCH3 is 2. The molecule has 2 amide bonds. The van der Waals surface area contributed by atoms with E-state index in [0.29, 0.717) is 23.9 Å². The lowest BCUT2D eigenvalue weighted by molar-refractivity contribution is -0.385. The Labute approximate surface area is 384 Å². The van der Waals surface area contributed by atoms with Gasteiger partial charge in [0.1, 0.15) is 29.7 Å². The van der Waals surface area contributed by atoms with E-state index in [4.69, 9.17) is 82.4 Å². The number of anilines is 1. The number of carboxylic acids is 1. The number of hydrogen-bond acceptors (Lipinski definition) is 11. The molecule has 0 aliphatic carbocycles. The summed E-state index contributed by atoms with van der Waals surface area (Å²) in [4.78, 5) is 73.2. The van der Waals surface area contributed by atoms with Crippen molar-refractivity contribution in [1.29, 1.82) is 0 Å². The lowest BCUT2D eigenvalue weighted by atomic mass is 10.0. The highest BCUT2D eigenvalue weighted by molar-refractivity contribution is 7.51. The summed E-state index contributed by atoms with van der Waals surface area (Å²) < 4.78 is 25.2. The quantitative estimate of drug-likeness (QED) is 0.0168. The zero-order valence-electron chi connectivity index (χ0n) is 34.1. The van der Waals surface area contributed by atoms with E-state index < -0.39 is 42.1 Å². The van der Waals surface area contributed by atoms with Gasteiger partial charge in [0, 0.05) is 37.4 Å². The maximum absolute atomic E-state index is 12.0. The smallest absolute Gasteiger partial charge is 0.345 e. The third-order valence-corrected chi connectivity index (χ3v) is 9.16. The lowest BCUT2D eigenvalue weighted by Crippen LogP contribution is -2.35. The van der Waals surface area contributed by atoms with Gasteiger partial charge in [-0.3, -0.25) is 39.3 Å². The molecule has 342 valence electrons. The molecule has 62 heavy (non-hydrogen) atoms. The number of ether oxygens (including phenoxy) is 3. The number of halogens is 5. The van der Waals surface area contributed by atoms with Crippen molar-refractivity contribution in [2.75, 3.05) is 57.7 Å². The normalized spacial score (nSPS) is 10.3. The summed E-state index contributed by atoms with van der Waals surface area (Å²) in [5.41, 5.74) is 2.65. The average molecular weight is 989 g/mol. The highest BCUT2D eigenvalue weighted by Gasteiger charge is 2.23. The summed E-state index contributed by atoms with van der Waals surface area (Å²) in [6.45, 7) is 11.8. The number of carboxylic acid groups (broad SMARTS) is 1.